The van der Waals surface area contributed by atoms with Gasteiger partial charge in [-0.15, -0.1) is 0 Å². The normalized spacial score (nSPS) is 35.1. The molecule has 1 saturated carbocycles. The van der Waals surface area contributed by atoms with Gasteiger partial charge < -0.3 is 10.1 Å². The van der Waals surface area contributed by atoms with Crippen LogP contribution < -0.4 is 5.32 Å². The maximum absolute atomic E-state index is 5.18. The lowest BCUT2D eigenvalue weighted by molar-refractivity contribution is 0.0635. The van der Waals surface area contributed by atoms with E-state index in [4.69, 9.17) is 4.74 Å². The molecule has 1 saturated heterocycles. The molecule has 2 unspecified atom stereocenters. The van der Waals surface area contributed by atoms with Crippen molar-refractivity contribution in [3.05, 3.63) is 0 Å². The molecule has 1 heterocycles. The van der Waals surface area contributed by atoms with Crippen LogP contribution in [0, 0.1) is 5.92 Å². The summed E-state index contributed by atoms with van der Waals surface area (Å²) < 4.78 is 5.18. The Balaban J connectivity index is 1.89. The van der Waals surface area contributed by atoms with E-state index in [1.54, 1.807) is 7.11 Å². The van der Waals surface area contributed by atoms with Crippen molar-refractivity contribution >= 4 is 0 Å². The quantitative estimate of drug-likeness (QED) is 0.717. The van der Waals surface area contributed by atoms with Gasteiger partial charge in [-0.1, -0.05) is 6.92 Å². The van der Waals surface area contributed by atoms with Crippen LogP contribution in [0.5, 0.6) is 0 Å². The van der Waals surface area contributed by atoms with Crippen LogP contribution in [0.1, 0.15) is 39.5 Å². The summed E-state index contributed by atoms with van der Waals surface area (Å²) in [4.78, 5) is 2.72. The smallest absolute Gasteiger partial charge is 0.0474 e. The minimum Gasteiger partial charge on any atom is -0.385 e. The summed E-state index contributed by atoms with van der Waals surface area (Å²) in [6.45, 7) is 9.13. The van der Waals surface area contributed by atoms with Crippen molar-refractivity contribution in [3.63, 3.8) is 0 Å². The second kappa shape index (κ2) is 5.68. The molecule has 3 nitrogen and oxygen atoms in total. The van der Waals surface area contributed by atoms with E-state index in [0.29, 0.717) is 5.54 Å². The molecule has 2 atom stereocenters. The lowest BCUT2D eigenvalue weighted by Crippen LogP contribution is -2.63. The van der Waals surface area contributed by atoms with Crippen LogP contribution in [0.4, 0.5) is 0 Å². The van der Waals surface area contributed by atoms with E-state index in [2.05, 4.69) is 24.1 Å². The highest BCUT2D eigenvalue weighted by atomic mass is 16.5. The molecule has 1 aliphatic heterocycles. The first-order valence-corrected chi connectivity index (χ1v) is 7.16. The second-order valence-corrected chi connectivity index (χ2v) is 6.02. The first-order chi connectivity index (χ1) is 8.18. The van der Waals surface area contributed by atoms with Gasteiger partial charge in [0.15, 0.2) is 0 Å². The predicted molar refractivity (Wildman–Crippen MR) is 71.3 cm³/mol. The molecule has 0 radical (unpaired) electrons. The fourth-order valence-corrected chi connectivity index (χ4v) is 2.94. The molecule has 1 N–H and O–H groups in total. The standard InChI is InChI=1S/C14H28N2O/c1-4-14(2)11-16(8-5-9-17-3)13(10-15-14)12-6-7-12/h12-13,15H,4-11H2,1-3H3. The Bertz CT molecular complexity index is 242. The van der Waals surface area contributed by atoms with Crippen LogP contribution in [0.3, 0.4) is 0 Å². The molecule has 2 aliphatic rings. The molecule has 0 aromatic heterocycles. The number of rotatable bonds is 6. The summed E-state index contributed by atoms with van der Waals surface area (Å²) in [6, 6.07) is 0.784. The van der Waals surface area contributed by atoms with Gasteiger partial charge in [0.1, 0.15) is 0 Å². The molecule has 1 aliphatic carbocycles. The van der Waals surface area contributed by atoms with E-state index in [-0.39, 0.29) is 0 Å². The molecule has 2 rings (SSSR count). The SMILES string of the molecule is CCC1(C)CN(CCCOC)C(C2CC2)CN1. The summed E-state index contributed by atoms with van der Waals surface area (Å²) in [5.74, 6) is 0.964. The Hall–Kier alpha value is -0.120. The zero-order valence-electron chi connectivity index (χ0n) is 11.7. The average molecular weight is 240 g/mol. The number of hydrogen-bond donors (Lipinski definition) is 1. The van der Waals surface area contributed by atoms with Crippen LogP contribution >= 0.6 is 0 Å². The highest BCUT2D eigenvalue weighted by molar-refractivity contribution is 4.99. The van der Waals surface area contributed by atoms with Crippen LogP contribution in [0.15, 0.2) is 0 Å². The van der Waals surface area contributed by atoms with E-state index >= 15 is 0 Å². The zero-order valence-corrected chi connectivity index (χ0v) is 11.7. The van der Waals surface area contributed by atoms with Crippen molar-refractivity contribution in [2.45, 2.75) is 51.1 Å². The van der Waals surface area contributed by atoms with Crippen LogP contribution in [0.25, 0.3) is 0 Å². The molecule has 0 spiro atoms. The first-order valence-electron chi connectivity index (χ1n) is 7.16. The molecular formula is C14H28N2O. The second-order valence-electron chi connectivity index (χ2n) is 6.02. The lowest BCUT2D eigenvalue weighted by atomic mass is 9.92. The van der Waals surface area contributed by atoms with Crippen molar-refractivity contribution in [2.75, 3.05) is 33.4 Å². The van der Waals surface area contributed by atoms with Gasteiger partial charge >= 0.3 is 0 Å². The Morgan fingerprint density at radius 1 is 1.41 bits per heavy atom. The van der Waals surface area contributed by atoms with Gasteiger partial charge in [-0.25, -0.2) is 0 Å². The van der Waals surface area contributed by atoms with Crippen LogP contribution in [0.2, 0.25) is 0 Å². The van der Waals surface area contributed by atoms with Gasteiger partial charge in [0.2, 0.25) is 0 Å². The molecule has 0 amide bonds. The number of methoxy groups -OCH3 is 1. The van der Waals surface area contributed by atoms with E-state index in [0.717, 1.165) is 18.6 Å². The van der Waals surface area contributed by atoms with Gasteiger partial charge in [-0.05, 0) is 38.5 Å². The van der Waals surface area contributed by atoms with Gasteiger partial charge in [-0.2, -0.15) is 0 Å². The van der Waals surface area contributed by atoms with Crippen molar-refractivity contribution in [2.24, 2.45) is 5.92 Å². The molecule has 100 valence electrons. The highest BCUT2D eigenvalue weighted by Gasteiger charge is 2.41. The molecule has 0 aromatic carbocycles. The number of nitrogens with one attached hydrogen (secondary N) is 1. The number of ether oxygens (including phenoxy) is 1. The lowest BCUT2D eigenvalue weighted by Gasteiger charge is -2.46. The Labute approximate surface area is 106 Å². The Kier molecular flexibility index (Phi) is 4.45. The van der Waals surface area contributed by atoms with E-state index in [1.165, 1.54) is 45.3 Å². The zero-order chi connectivity index (χ0) is 12.3. The minimum atomic E-state index is 0.318. The summed E-state index contributed by atoms with van der Waals surface area (Å²) in [7, 11) is 1.80. The summed E-state index contributed by atoms with van der Waals surface area (Å²) >= 11 is 0. The molecular weight excluding hydrogens is 212 g/mol. The number of piperazine rings is 1. The van der Waals surface area contributed by atoms with Crippen LogP contribution in [-0.2, 0) is 4.74 Å². The van der Waals surface area contributed by atoms with Crippen molar-refractivity contribution in [1.82, 2.24) is 10.2 Å². The Morgan fingerprint density at radius 2 is 2.18 bits per heavy atom. The summed E-state index contributed by atoms with van der Waals surface area (Å²) in [5, 5.41) is 3.76. The van der Waals surface area contributed by atoms with E-state index < -0.39 is 0 Å². The van der Waals surface area contributed by atoms with E-state index in [1.807, 2.05) is 0 Å². The van der Waals surface area contributed by atoms with Gasteiger partial charge in [0.25, 0.3) is 0 Å². The van der Waals surface area contributed by atoms with E-state index in [9.17, 15) is 0 Å². The number of hydrogen-bond acceptors (Lipinski definition) is 3. The maximum atomic E-state index is 5.18. The fraction of sp³-hybridized carbons (Fsp3) is 1.00. The molecule has 2 fully saturated rings. The predicted octanol–water partition coefficient (Wildman–Crippen LogP) is 1.88. The monoisotopic (exact) mass is 240 g/mol. The molecule has 3 heteroatoms. The topological polar surface area (TPSA) is 24.5 Å². The van der Waals surface area contributed by atoms with Gasteiger partial charge in [0.05, 0.1) is 0 Å². The molecule has 0 bridgehead atoms. The van der Waals surface area contributed by atoms with Gasteiger partial charge in [-0.3, -0.25) is 4.90 Å². The van der Waals surface area contributed by atoms with Crippen LogP contribution in [-0.4, -0.2) is 49.8 Å². The third-order valence-electron chi connectivity index (χ3n) is 4.50. The maximum Gasteiger partial charge on any atom is 0.0474 e. The molecule has 0 aromatic rings. The highest BCUT2D eigenvalue weighted by Crippen LogP contribution is 2.37. The number of nitrogens with zero attached hydrogens (tertiary/aromatic N) is 1. The van der Waals surface area contributed by atoms with Crippen molar-refractivity contribution < 1.29 is 4.74 Å². The Morgan fingerprint density at radius 3 is 2.76 bits per heavy atom. The average Bonchev–Trinajstić information content (AvgIpc) is 3.14. The fourth-order valence-electron chi connectivity index (χ4n) is 2.94. The summed E-state index contributed by atoms with van der Waals surface area (Å²) in [6.07, 6.45) is 5.26. The van der Waals surface area contributed by atoms with Crippen molar-refractivity contribution in [3.8, 4) is 0 Å². The third-order valence-corrected chi connectivity index (χ3v) is 4.50. The third kappa shape index (κ3) is 3.43. The largest absolute Gasteiger partial charge is 0.385 e. The first kappa shape index (κ1) is 13.3. The minimum absolute atomic E-state index is 0.318. The molecule has 17 heavy (non-hydrogen) atoms. The van der Waals surface area contributed by atoms with Gasteiger partial charge in [0, 0.05) is 44.9 Å². The van der Waals surface area contributed by atoms with Crippen molar-refractivity contribution in [1.29, 1.82) is 0 Å². The summed E-state index contributed by atoms with van der Waals surface area (Å²) in [5.41, 5.74) is 0.318.